The van der Waals surface area contributed by atoms with Gasteiger partial charge in [-0.15, -0.1) is 10.2 Å². The molecule has 150 valence electrons. The standard InChI is InChI=1S/C22H25N5O2/c1-26(2)20-12-13-21(25-24-20)29-17-9-6-14-27(15-17)22(28)23-19-11-5-8-16-7-3-4-10-18(16)19/h3-5,7-8,10-13,17H,6,9,14-15H2,1-2H3,(H,23,28). The lowest BCUT2D eigenvalue weighted by molar-refractivity contribution is 0.102. The van der Waals surface area contributed by atoms with E-state index in [0.717, 1.165) is 35.1 Å². The van der Waals surface area contributed by atoms with Gasteiger partial charge in [-0.1, -0.05) is 36.4 Å². The molecule has 1 aromatic heterocycles. The third-order valence-corrected chi connectivity index (χ3v) is 5.07. The number of aromatic nitrogens is 2. The summed E-state index contributed by atoms with van der Waals surface area (Å²) in [5.74, 6) is 1.26. The normalized spacial score (nSPS) is 16.5. The minimum atomic E-state index is -0.108. The van der Waals surface area contributed by atoms with Crippen LogP contribution < -0.4 is 15.0 Å². The van der Waals surface area contributed by atoms with E-state index < -0.39 is 0 Å². The summed E-state index contributed by atoms with van der Waals surface area (Å²) in [5.41, 5.74) is 0.821. The van der Waals surface area contributed by atoms with Crippen LogP contribution in [0.25, 0.3) is 10.8 Å². The second-order valence-electron chi connectivity index (χ2n) is 7.41. The van der Waals surface area contributed by atoms with Crippen molar-refractivity contribution < 1.29 is 9.53 Å². The van der Waals surface area contributed by atoms with Crippen molar-refractivity contribution in [1.29, 1.82) is 0 Å². The summed E-state index contributed by atoms with van der Waals surface area (Å²) in [4.78, 5) is 16.5. The molecule has 0 saturated carbocycles. The Kier molecular flexibility index (Phi) is 5.46. The van der Waals surface area contributed by atoms with Crippen LogP contribution in [0.2, 0.25) is 0 Å². The number of hydrogen-bond acceptors (Lipinski definition) is 5. The Balaban J connectivity index is 1.40. The van der Waals surface area contributed by atoms with Crippen LogP contribution >= 0.6 is 0 Å². The highest BCUT2D eigenvalue weighted by Crippen LogP contribution is 2.24. The van der Waals surface area contributed by atoms with Gasteiger partial charge in [-0.3, -0.25) is 0 Å². The fourth-order valence-electron chi connectivity index (χ4n) is 3.53. The van der Waals surface area contributed by atoms with Crippen molar-refractivity contribution in [3.63, 3.8) is 0 Å². The molecule has 2 amide bonds. The Morgan fingerprint density at radius 3 is 2.72 bits per heavy atom. The number of rotatable bonds is 4. The molecule has 7 nitrogen and oxygen atoms in total. The quantitative estimate of drug-likeness (QED) is 0.733. The van der Waals surface area contributed by atoms with Crippen LogP contribution in [-0.4, -0.2) is 54.4 Å². The zero-order valence-electron chi connectivity index (χ0n) is 16.7. The number of anilines is 2. The lowest BCUT2D eigenvalue weighted by Crippen LogP contribution is -2.46. The summed E-state index contributed by atoms with van der Waals surface area (Å²) in [5, 5.41) is 13.5. The lowest BCUT2D eigenvalue weighted by atomic mass is 10.1. The van der Waals surface area contributed by atoms with Crippen LogP contribution in [0.5, 0.6) is 5.88 Å². The highest BCUT2D eigenvalue weighted by molar-refractivity contribution is 6.01. The van der Waals surface area contributed by atoms with Crippen molar-refractivity contribution in [3.8, 4) is 5.88 Å². The average molecular weight is 391 g/mol. The van der Waals surface area contributed by atoms with Gasteiger partial charge in [-0.25, -0.2) is 4.79 Å². The van der Waals surface area contributed by atoms with E-state index in [1.165, 1.54) is 0 Å². The zero-order chi connectivity index (χ0) is 20.2. The van der Waals surface area contributed by atoms with Crippen LogP contribution in [0, 0.1) is 0 Å². The largest absolute Gasteiger partial charge is 0.471 e. The molecule has 0 aliphatic carbocycles. The number of benzene rings is 2. The molecule has 1 fully saturated rings. The first-order valence-electron chi connectivity index (χ1n) is 9.81. The van der Waals surface area contributed by atoms with Crippen molar-refractivity contribution in [2.75, 3.05) is 37.4 Å². The van der Waals surface area contributed by atoms with Crippen LogP contribution in [0.4, 0.5) is 16.3 Å². The Labute approximate surface area is 170 Å². The lowest BCUT2D eigenvalue weighted by Gasteiger charge is -2.32. The molecule has 1 aliphatic heterocycles. The number of nitrogens with one attached hydrogen (secondary N) is 1. The van der Waals surface area contributed by atoms with E-state index in [1.54, 1.807) is 4.90 Å². The van der Waals surface area contributed by atoms with Gasteiger partial charge in [0, 0.05) is 32.1 Å². The molecule has 4 rings (SSSR count). The molecular formula is C22H25N5O2. The van der Waals surface area contributed by atoms with E-state index in [9.17, 15) is 4.79 Å². The average Bonchev–Trinajstić information content (AvgIpc) is 2.74. The SMILES string of the molecule is CN(C)c1ccc(OC2CCCN(C(=O)Nc3cccc4ccccc34)C2)nn1. The third-order valence-electron chi connectivity index (χ3n) is 5.07. The fraction of sp³-hybridized carbons (Fsp3) is 0.318. The fourth-order valence-corrected chi connectivity index (χ4v) is 3.53. The number of piperidine rings is 1. The number of carbonyl (C=O) groups is 1. The van der Waals surface area contributed by atoms with Crippen molar-refractivity contribution in [2.24, 2.45) is 0 Å². The number of urea groups is 1. The second kappa shape index (κ2) is 8.34. The smallest absolute Gasteiger partial charge is 0.321 e. The van der Waals surface area contributed by atoms with Gasteiger partial charge < -0.3 is 19.9 Å². The first kappa shape index (κ1) is 19.0. The van der Waals surface area contributed by atoms with Crippen molar-refractivity contribution >= 4 is 28.3 Å². The Morgan fingerprint density at radius 1 is 1.10 bits per heavy atom. The number of likely N-dealkylation sites (tertiary alicyclic amines) is 1. The highest BCUT2D eigenvalue weighted by atomic mass is 16.5. The molecule has 2 aromatic carbocycles. The molecule has 1 unspecified atom stereocenters. The van der Waals surface area contributed by atoms with Gasteiger partial charge in [0.15, 0.2) is 5.82 Å². The number of fused-ring (bicyclic) bond motifs is 1. The molecule has 2 heterocycles. The van der Waals surface area contributed by atoms with Gasteiger partial charge >= 0.3 is 6.03 Å². The van der Waals surface area contributed by atoms with Crippen LogP contribution in [0.1, 0.15) is 12.8 Å². The molecular weight excluding hydrogens is 366 g/mol. The predicted molar refractivity (Wildman–Crippen MR) is 115 cm³/mol. The molecule has 29 heavy (non-hydrogen) atoms. The number of amides is 2. The number of nitrogens with zero attached hydrogens (tertiary/aromatic N) is 4. The van der Waals surface area contributed by atoms with E-state index in [-0.39, 0.29) is 12.1 Å². The number of ether oxygens (including phenoxy) is 1. The summed E-state index contributed by atoms with van der Waals surface area (Å²) in [6.45, 7) is 1.23. The summed E-state index contributed by atoms with van der Waals surface area (Å²) in [6.07, 6.45) is 1.67. The highest BCUT2D eigenvalue weighted by Gasteiger charge is 2.25. The molecule has 1 aliphatic rings. The summed E-state index contributed by atoms with van der Waals surface area (Å²) < 4.78 is 5.98. The minimum Gasteiger partial charge on any atom is -0.471 e. The van der Waals surface area contributed by atoms with E-state index in [2.05, 4.69) is 15.5 Å². The Morgan fingerprint density at radius 2 is 1.93 bits per heavy atom. The van der Waals surface area contributed by atoms with Crippen LogP contribution in [0.3, 0.4) is 0 Å². The van der Waals surface area contributed by atoms with Gasteiger partial charge in [-0.2, -0.15) is 0 Å². The molecule has 0 spiro atoms. The van der Waals surface area contributed by atoms with Gasteiger partial charge in [0.1, 0.15) is 6.10 Å². The molecule has 7 heteroatoms. The molecule has 1 saturated heterocycles. The third kappa shape index (κ3) is 4.39. The summed E-state index contributed by atoms with van der Waals surface area (Å²) in [6, 6.07) is 17.5. The molecule has 1 N–H and O–H groups in total. The van der Waals surface area contributed by atoms with Crippen LogP contribution in [-0.2, 0) is 0 Å². The van der Waals surface area contributed by atoms with Gasteiger partial charge in [-0.05, 0) is 30.4 Å². The summed E-state index contributed by atoms with van der Waals surface area (Å²) in [7, 11) is 3.83. The van der Waals surface area contributed by atoms with Crippen LogP contribution in [0.15, 0.2) is 54.6 Å². The van der Waals surface area contributed by atoms with Gasteiger partial charge in [0.2, 0.25) is 5.88 Å². The van der Waals surface area contributed by atoms with E-state index in [4.69, 9.17) is 4.74 Å². The topological polar surface area (TPSA) is 70.6 Å². The number of carbonyl (C=O) groups excluding carboxylic acids is 1. The first-order valence-corrected chi connectivity index (χ1v) is 9.81. The van der Waals surface area contributed by atoms with E-state index in [1.807, 2.05) is 73.6 Å². The molecule has 0 radical (unpaired) electrons. The van der Waals surface area contributed by atoms with Crippen molar-refractivity contribution in [2.45, 2.75) is 18.9 Å². The van der Waals surface area contributed by atoms with Crippen molar-refractivity contribution in [1.82, 2.24) is 15.1 Å². The monoisotopic (exact) mass is 391 g/mol. The second-order valence-corrected chi connectivity index (χ2v) is 7.41. The van der Waals surface area contributed by atoms with Gasteiger partial charge in [0.05, 0.1) is 12.2 Å². The Hall–Kier alpha value is -3.35. The zero-order valence-corrected chi connectivity index (χ0v) is 16.7. The maximum atomic E-state index is 12.9. The van der Waals surface area contributed by atoms with Crippen molar-refractivity contribution in [3.05, 3.63) is 54.6 Å². The maximum Gasteiger partial charge on any atom is 0.321 e. The molecule has 3 aromatic rings. The number of hydrogen-bond donors (Lipinski definition) is 1. The molecule has 0 bridgehead atoms. The summed E-state index contributed by atoms with van der Waals surface area (Å²) >= 11 is 0. The minimum absolute atomic E-state index is 0.0958. The van der Waals surface area contributed by atoms with E-state index in [0.29, 0.717) is 19.0 Å². The first-order chi connectivity index (χ1) is 14.1. The van der Waals surface area contributed by atoms with Gasteiger partial charge in [0.25, 0.3) is 0 Å². The Bertz CT molecular complexity index is 985. The predicted octanol–water partition coefficient (Wildman–Crippen LogP) is 3.77. The maximum absolute atomic E-state index is 12.9. The molecule has 1 atom stereocenters. The van der Waals surface area contributed by atoms with E-state index >= 15 is 0 Å².